The number of hydrogen-bond acceptors (Lipinski definition) is 5. The van der Waals surface area contributed by atoms with Crippen molar-refractivity contribution in [2.24, 2.45) is 5.92 Å². The summed E-state index contributed by atoms with van der Waals surface area (Å²) in [4.78, 5) is 49.9. The van der Waals surface area contributed by atoms with Crippen molar-refractivity contribution in [2.45, 2.75) is 26.1 Å². The van der Waals surface area contributed by atoms with Crippen LogP contribution in [0.5, 0.6) is 0 Å². The lowest BCUT2D eigenvalue weighted by Crippen LogP contribution is -2.39. The lowest BCUT2D eigenvalue weighted by Gasteiger charge is -2.17. The summed E-state index contributed by atoms with van der Waals surface area (Å²) in [7, 11) is 0. The van der Waals surface area contributed by atoms with Crippen molar-refractivity contribution in [2.75, 3.05) is 13.1 Å². The summed E-state index contributed by atoms with van der Waals surface area (Å²) in [5.41, 5.74) is 1.93. The third kappa shape index (κ3) is 5.78. The first-order valence-electron chi connectivity index (χ1n) is 8.81. The van der Waals surface area contributed by atoms with Crippen molar-refractivity contribution >= 4 is 34.7 Å². The van der Waals surface area contributed by atoms with Crippen molar-refractivity contribution in [3.05, 3.63) is 30.6 Å². The molecule has 0 spiro atoms. The fourth-order valence-electron chi connectivity index (χ4n) is 2.91. The van der Waals surface area contributed by atoms with Gasteiger partial charge in [0.05, 0.1) is 11.0 Å². The zero-order valence-corrected chi connectivity index (χ0v) is 15.8. The van der Waals surface area contributed by atoms with Gasteiger partial charge in [-0.05, 0) is 24.6 Å². The van der Waals surface area contributed by atoms with Crippen molar-refractivity contribution in [3.8, 4) is 0 Å². The fraction of sp³-hybridized carbons (Fsp3) is 0.389. The molecule has 12 heteroatoms. The van der Waals surface area contributed by atoms with Gasteiger partial charge in [-0.2, -0.15) is 13.2 Å². The number of likely N-dealkylation sites (tertiary alicyclic amines) is 1. The van der Waals surface area contributed by atoms with Crippen molar-refractivity contribution in [1.29, 1.82) is 0 Å². The van der Waals surface area contributed by atoms with Gasteiger partial charge in [0.1, 0.15) is 5.92 Å². The smallest absolute Gasteiger partial charge is 0.475 e. The molecule has 2 aromatic heterocycles. The Morgan fingerprint density at radius 1 is 1.27 bits per heavy atom. The SMILES string of the molecule is CC(=O)NC(=O)[C@@H]1CCN(CCn2ccc3ncccc32)C1=O.O=C(O)C(F)(F)F. The maximum absolute atomic E-state index is 12.3. The summed E-state index contributed by atoms with van der Waals surface area (Å²) in [6.07, 6.45) is -0.945. The second-order valence-corrected chi connectivity index (χ2v) is 6.43. The average Bonchev–Trinajstić information content (AvgIpc) is 3.22. The monoisotopic (exact) mass is 428 g/mol. The zero-order valence-electron chi connectivity index (χ0n) is 15.8. The third-order valence-corrected chi connectivity index (χ3v) is 4.30. The van der Waals surface area contributed by atoms with E-state index in [1.54, 1.807) is 11.1 Å². The maximum atomic E-state index is 12.3. The second-order valence-electron chi connectivity index (χ2n) is 6.43. The van der Waals surface area contributed by atoms with E-state index in [9.17, 15) is 27.6 Å². The Labute approximate surface area is 168 Å². The van der Waals surface area contributed by atoms with Gasteiger partial charge in [-0.3, -0.25) is 24.7 Å². The first-order valence-corrected chi connectivity index (χ1v) is 8.81. The van der Waals surface area contributed by atoms with Crippen LogP contribution in [0.3, 0.4) is 0 Å². The third-order valence-electron chi connectivity index (χ3n) is 4.30. The molecular weight excluding hydrogens is 409 g/mol. The van der Waals surface area contributed by atoms with E-state index in [4.69, 9.17) is 9.90 Å². The number of imide groups is 1. The molecule has 162 valence electrons. The molecule has 3 rings (SSSR count). The molecule has 1 fully saturated rings. The van der Waals surface area contributed by atoms with Crippen molar-refractivity contribution in [1.82, 2.24) is 19.8 Å². The Balaban J connectivity index is 0.000000396. The molecule has 1 aliphatic heterocycles. The first kappa shape index (κ1) is 22.8. The standard InChI is InChI=1S/C16H18N4O3.C2HF3O2/c1-11(21)18-15(22)12-4-7-20(16(12)23)10-9-19-8-5-13-14(19)3-2-6-17-13;3-2(4,5)1(6)7/h2-3,5-6,8,12H,4,7,9-10H2,1H3,(H,18,21,22);(H,6,7)/t12-;/m0./s1. The number of aromatic nitrogens is 2. The van der Waals surface area contributed by atoms with E-state index in [-0.39, 0.29) is 5.91 Å². The number of pyridine rings is 1. The van der Waals surface area contributed by atoms with Gasteiger partial charge in [-0.25, -0.2) is 4.79 Å². The zero-order chi connectivity index (χ0) is 22.5. The van der Waals surface area contributed by atoms with Crippen LogP contribution in [0.25, 0.3) is 11.0 Å². The highest BCUT2D eigenvalue weighted by atomic mass is 19.4. The Hall–Kier alpha value is -3.44. The Bertz CT molecular complexity index is 957. The Kier molecular flexibility index (Phi) is 7.14. The number of alkyl halides is 3. The highest BCUT2D eigenvalue weighted by Crippen LogP contribution is 2.19. The summed E-state index contributed by atoms with van der Waals surface area (Å²) in [5.74, 6) is -4.65. The molecule has 3 heterocycles. The molecule has 0 aliphatic carbocycles. The van der Waals surface area contributed by atoms with Crippen LogP contribution in [0.1, 0.15) is 13.3 Å². The van der Waals surface area contributed by atoms with Gasteiger partial charge in [0, 0.05) is 39.0 Å². The van der Waals surface area contributed by atoms with E-state index >= 15 is 0 Å². The van der Waals surface area contributed by atoms with Crippen molar-refractivity contribution in [3.63, 3.8) is 0 Å². The predicted molar refractivity (Wildman–Crippen MR) is 96.9 cm³/mol. The average molecular weight is 428 g/mol. The summed E-state index contributed by atoms with van der Waals surface area (Å²) < 4.78 is 33.8. The largest absolute Gasteiger partial charge is 0.490 e. The molecule has 9 nitrogen and oxygen atoms in total. The van der Waals surface area contributed by atoms with Gasteiger partial charge in [0.2, 0.25) is 17.7 Å². The molecule has 30 heavy (non-hydrogen) atoms. The number of carbonyl (C=O) groups is 4. The van der Waals surface area contributed by atoms with Gasteiger partial charge < -0.3 is 14.6 Å². The van der Waals surface area contributed by atoms with Crippen LogP contribution in [0.15, 0.2) is 30.6 Å². The van der Waals surface area contributed by atoms with E-state index in [0.717, 1.165) is 11.0 Å². The van der Waals surface area contributed by atoms with Gasteiger partial charge in [0.25, 0.3) is 0 Å². The van der Waals surface area contributed by atoms with Gasteiger partial charge >= 0.3 is 12.1 Å². The van der Waals surface area contributed by atoms with E-state index in [0.29, 0.717) is 26.1 Å². The minimum absolute atomic E-state index is 0.210. The van der Waals surface area contributed by atoms with E-state index in [1.807, 2.05) is 29.0 Å². The van der Waals surface area contributed by atoms with E-state index in [1.165, 1.54) is 6.92 Å². The lowest BCUT2D eigenvalue weighted by atomic mass is 10.1. The number of hydrogen-bond donors (Lipinski definition) is 2. The van der Waals surface area contributed by atoms with Gasteiger partial charge in [-0.1, -0.05) is 0 Å². The predicted octanol–water partition coefficient (Wildman–Crippen LogP) is 1.18. The minimum atomic E-state index is -5.08. The lowest BCUT2D eigenvalue weighted by molar-refractivity contribution is -0.192. The second kappa shape index (κ2) is 9.37. The molecule has 0 saturated carbocycles. The number of nitrogens with zero attached hydrogens (tertiary/aromatic N) is 3. The van der Waals surface area contributed by atoms with Crippen LogP contribution in [0.2, 0.25) is 0 Å². The number of rotatable bonds is 4. The van der Waals surface area contributed by atoms with Crippen LogP contribution in [-0.2, 0) is 25.7 Å². The number of amides is 3. The van der Waals surface area contributed by atoms with Gasteiger partial charge in [0.15, 0.2) is 0 Å². The van der Waals surface area contributed by atoms with Gasteiger partial charge in [-0.15, -0.1) is 0 Å². The van der Waals surface area contributed by atoms with E-state index < -0.39 is 29.9 Å². The first-order chi connectivity index (χ1) is 14.0. The summed E-state index contributed by atoms with van der Waals surface area (Å²) in [6.45, 7) is 2.97. The normalized spacial score (nSPS) is 16.2. The molecular formula is C18H19F3N4O5. The number of aliphatic carboxylic acids is 1. The van der Waals surface area contributed by atoms with Crippen LogP contribution in [0.4, 0.5) is 13.2 Å². The molecule has 0 aromatic carbocycles. The summed E-state index contributed by atoms with van der Waals surface area (Å²) in [6, 6.07) is 5.80. The number of halogens is 3. The number of fused-ring (bicyclic) bond motifs is 1. The summed E-state index contributed by atoms with van der Waals surface area (Å²) >= 11 is 0. The molecule has 1 aliphatic rings. The Morgan fingerprint density at radius 2 is 1.93 bits per heavy atom. The van der Waals surface area contributed by atoms with Crippen molar-refractivity contribution < 1.29 is 37.5 Å². The number of carbonyl (C=O) groups excluding carboxylic acids is 3. The summed E-state index contributed by atoms with van der Waals surface area (Å²) in [5, 5.41) is 9.32. The van der Waals surface area contributed by atoms with Crippen LogP contribution in [0, 0.1) is 5.92 Å². The highest BCUT2D eigenvalue weighted by molar-refractivity contribution is 6.06. The van der Waals surface area contributed by atoms with Crippen LogP contribution in [-0.4, -0.2) is 62.5 Å². The maximum Gasteiger partial charge on any atom is 0.490 e. The molecule has 0 unspecified atom stereocenters. The van der Waals surface area contributed by atoms with Crippen LogP contribution < -0.4 is 5.32 Å². The molecule has 0 bridgehead atoms. The van der Waals surface area contributed by atoms with E-state index in [2.05, 4.69) is 10.3 Å². The van der Waals surface area contributed by atoms with Crippen LogP contribution >= 0.6 is 0 Å². The number of nitrogens with one attached hydrogen (secondary N) is 1. The Morgan fingerprint density at radius 3 is 2.53 bits per heavy atom. The topological polar surface area (TPSA) is 122 Å². The molecule has 1 saturated heterocycles. The highest BCUT2D eigenvalue weighted by Gasteiger charge is 2.38. The molecule has 0 radical (unpaired) electrons. The minimum Gasteiger partial charge on any atom is -0.475 e. The quantitative estimate of drug-likeness (QED) is 0.706. The molecule has 2 aromatic rings. The number of carboxylic acid groups (broad SMARTS) is 1. The molecule has 1 atom stereocenters. The number of carboxylic acids is 1. The molecule has 3 amide bonds. The molecule has 2 N–H and O–H groups in total. The fourth-order valence-corrected chi connectivity index (χ4v) is 2.91.